The van der Waals surface area contributed by atoms with E-state index in [1.807, 2.05) is 0 Å². The predicted octanol–water partition coefficient (Wildman–Crippen LogP) is -0.926. The van der Waals surface area contributed by atoms with E-state index in [1.165, 1.54) is 0 Å². The highest BCUT2D eigenvalue weighted by Gasteiger charge is 2.31. The lowest BCUT2D eigenvalue weighted by Gasteiger charge is -2.10. The largest absolute Gasteiger partial charge is 0.344 e. The van der Waals surface area contributed by atoms with Crippen LogP contribution in [-0.2, 0) is 4.79 Å². The SMILES string of the molecule is Cc1nc(C(=O)NC2CCN(C)C2=O)n[nH]1. The summed E-state index contributed by atoms with van der Waals surface area (Å²) in [5, 5.41) is 8.92. The molecule has 2 rings (SSSR count). The molecule has 16 heavy (non-hydrogen) atoms. The van der Waals surface area contributed by atoms with Crippen molar-refractivity contribution in [2.45, 2.75) is 19.4 Å². The molecule has 1 saturated heterocycles. The minimum Gasteiger partial charge on any atom is -0.344 e. The Morgan fingerprint density at radius 2 is 2.38 bits per heavy atom. The van der Waals surface area contributed by atoms with Gasteiger partial charge in [-0.05, 0) is 13.3 Å². The van der Waals surface area contributed by atoms with Crippen LogP contribution in [0.25, 0.3) is 0 Å². The highest BCUT2D eigenvalue weighted by atomic mass is 16.2. The Hall–Kier alpha value is -1.92. The first-order chi connectivity index (χ1) is 7.58. The van der Waals surface area contributed by atoms with Crippen molar-refractivity contribution in [3.05, 3.63) is 11.6 Å². The van der Waals surface area contributed by atoms with E-state index in [9.17, 15) is 9.59 Å². The van der Waals surface area contributed by atoms with E-state index in [1.54, 1.807) is 18.9 Å². The number of aromatic amines is 1. The first kappa shape index (κ1) is 10.6. The average Bonchev–Trinajstić information content (AvgIpc) is 2.79. The van der Waals surface area contributed by atoms with Gasteiger partial charge in [-0.3, -0.25) is 14.7 Å². The summed E-state index contributed by atoms with van der Waals surface area (Å²) in [5.41, 5.74) is 0. The van der Waals surface area contributed by atoms with Gasteiger partial charge in [-0.25, -0.2) is 4.98 Å². The van der Waals surface area contributed by atoms with Crippen LogP contribution >= 0.6 is 0 Å². The van der Waals surface area contributed by atoms with Crippen molar-refractivity contribution >= 4 is 11.8 Å². The Balaban J connectivity index is 2.01. The lowest BCUT2D eigenvalue weighted by molar-refractivity contribution is -0.128. The molecule has 0 aromatic carbocycles. The highest BCUT2D eigenvalue weighted by Crippen LogP contribution is 2.08. The minimum absolute atomic E-state index is 0.0689. The van der Waals surface area contributed by atoms with Crippen LogP contribution in [0.1, 0.15) is 22.9 Å². The third-order valence-corrected chi connectivity index (χ3v) is 2.53. The van der Waals surface area contributed by atoms with Crippen molar-refractivity contribution in [2.24, 2.45) is 0 Å². The maximum absolute atomic E-state index is 11.6. The molecule has 1 atom stereocenters. The monoisotopic (exact) mass is 223 g/mol. The van der Waals surface area contributed by atoms with Gasteiger partial charge in [-0.2, -0.15) is 0 Å². The minimum atomic E-state index is -0.448. The molecule has 1 aromatic rings. The molecule has 2 heterocycles. The Kier molecular flexibility index (Phi) is 2.59. The summed E-state index contributed by atoms with van der Waals surface area (Å²) >= 11 is 0. The normalized spacial score (nSPS) is 20.2. The molecule has 7 heteroatoms. The number of H-pyrrole nitrogens is 1. The van der Waals surface area contributed by atoms with E-state index in [0.717, 1.165) is 0 Å². The Labute approximate surface area is 92.2 Å². The number of nitrogens with zero attached hydrogens (tertiary/aromatic N) is 3. The number of likely N-dealkylation sites (tertiary alicyclic amines) is 1. The molecular weight excluding hydrogens is 210 g/mol. The van der Waals surface area contributed by atoms with Gasteiger partial charge in [0.1, 0.15) is 11.9 Å². The van der Waals surface area contributed by atoms with E-state index >= 15 is 0 Å². The third-order valence-electron chi connectivity index (χ3n) is 2.53. The van der Waals surface area contributed by atoms with Gasteiger partial charge >= 0.3 is 0 Å². The number of nitrogens with one attached hydrogen (secondary N) is 2. The standard InChI is InChI=1S/C9H13N5O2/c1-5-10-7(13-12-5)8(15)11-6-3-4-14(2)9(6)16/h6H,3-4H2,1-2H3,(H,11,15)(H,10,12,13). The topological polar surface area (TPSA) is 91.0 Å². The number of amides is 2. The van der Waals surface area contributed by atoms with Crippen LogP contribution in [0.15, 0.2) is 0 Å². The van der Waals surface area contributed by atoms with Crippen molar-refractivity contribution in [1.82, 2.24) is 25.4 Å². The van der Waals surface area contributed by atoms with Crippen molar-refractivity contribution in [2.75, 3.05) is 13.6 Å². The molecule has 1 aromatic heterocycles. The quantitative estimate of drug-likeness (QED) is 0.678. The summed E-state index contributed by atoms with van der Waals surface area (Å²) in [6.07, 6.45) is 0.629. The van der Waals surface area contributed by atoms with Crippen LogP contribution in [0.5, 0.6) is 0 Å². The molecule has 0 saturated carbocycles. The molecule has 2 N–H and O–H groups in total. The highest BCUT2D eigenvalue weighted by molar-refractivity contribution is 5.95. The molecule has 1 aliphatic rings. The van der Waals surface area contributed by atoms with E-state index in [2.05, 4.69) is 20.5 Å². The molecular formula is C9H13N5O2. The van der Waals surface area contributed by atoms with Crippen LogP contribution in [-0.4, -0.2) is 51.5 Å². The van der Waals surface area contributed by atoms with E-state index in [4.69, 9.17) is 0 Å². The molecule has 86 valence electrons. The second-order valence-corrected chi connectivity index (χ2v) is 3.82. The fourth-order valence-electron chi connectivity index (χ4n) is 1.62. The van der Waals surface area contributed by atoms with Gasteiger partial charge < -0.3 is 10.2 Å². The lowest BCUT2D eigenvalue weighted by atomic mass is 10.2. The smallest absolute Gasteiger partial charge is 0.291 e. The zero-order valence-electron chi connectivity index (χ0n) is 9.15. The number of rotatable bonds is 2. The van der Waals surface area contributed by atoms with Crippen molar-refractivity contribution in [3.63, 3.8) is 0 Å². The number of aryl methyl sites for hydroxylation is 1. The summed E-state index contributed by atoms with van der Waals surface area (Å²) in [7, 11) is 1.71. The summed E-state index contributed by atoms with van der Waals surface area (Å²) < 4.78 is 0. The second kappa shape index (κ2) is 3.92. The maximum atomic E-state index is 11.6. The van der Waals surface area contributed by atoms with Gasteiger partial charge in [-0.15, -0.1) is 5.10 Å². The Morgan fingerprint density at radius 3 is 2.88 bits per heavy atom. The van der Waals surface area contributed by atoms with Crippen molar-refractivity contribution in [1.29, 1.82) is 0 Å². The van der Waals surface area contributed by atoms with Crippen LogP contribution in [0.2, 0.25) is 0 Å². The van der Waals surface area contributed by atoms with E-state index in [0.29, 0.717) is 18.8 Å². The van der Waals surface area contributed by atoms with Gasteiger partial charge in [0.05, 0.1) is 0 Å². The second-order valence-electron chi connectivity index (χ2n) is 3.82. The Bertz CT molecular complexity index is 427. The fourth-order valence-corrected chi connectivity index (χ4v) is 1.62. The van der Waals surface area contributed by atoms with Gasteiger partial charge in [0.15, 0.2) is 0 Å². The fraction of sp³-hybridized carbons (Fsp3) is 0.556. The van der Waals surface area contributed by atoms with Gasteiger partial charge in [0.2, 0.25) is 11.7 Å². The number of hydrogen-bond donors (Lipinski definition) is 2. The summed E-state index contributed by atoms with van der Waals surface area (Å²) in [4.78, 5) is 28.7. The number of carbonyl (C=O) groups is 2. The third kappa shape index (κ3) is 1.88. The molecule has 1 fully saturated rings. The van der Waals surface area contributed by atoms with Gasteiger partial charge in [0, 0.05) is 13.6 Å². The van der Waals surface area contributed by atoms with Crippen LogP contribution in [0.4, 0.5) is 0 Å². The maximum Gasteiger partial charge on any atom is 0.291 e. The van der Waals surface area contributed by atoms with Crippen LogP contribution in [0, 0.1) is 6.92 Å². The molecule has 0 bridgehead atoms. The molecule has 0 spiro atoms. The number of aromatic nitrogens is 3. The Morgan fingerprint density at radius 1 is 1.62 bits per heavy atom. The molecule has 0 radical (unpaired) electrons. The van der Waals surface area contributed by atoms with Crippen molar-refractivity contribution in [3.8, 4) is 0 Å². The average molecular weight is 223 g/mol. The molecule has 7 nitrogen and oxygen atoms in total. The van der Waals surface area contributed by atoms with E-state index < -0.39 is 11.9 Å². The molecule has 2 amide bonds. The summed E-state index contributed by atoms with van der Waals surface area (Å²) in [6.45, 7) is 2.37. The number of hydrogen-bond acceptors (Lipinski definition) is 4. The zero-order chi connectivity index (χ0) is 11.7. The molecule has 1 unspecified atom stereocenters. The molecule has 0 aliphatic carbocycles. The zero-order valence-corrected chi connectivity index (χ0v) is 9.15. The van der Waals surface area contributed by atoms with Gasteiger partial charge in [-0.1, -0.05) is 0 Å². The van der Waals surface area contributed by atoms with E-state index in [-0.39, 0.29) is 11.7 Å². The van der Waals surface area contributed by atoms with Crippen molar-refractivity contribution < 1.29 is 9.59 Å². The number of likely N-dealkylation sites (N-methyl/N-ethyl adjacent to an activating group) is 1. The number of carbonyl (C=O) groups excluding carboxylic acids is 2. The summed E-state index contributed by atoms with van der Waals surface area (Å²) in [6, 6.07) is -0.448. The molecule has 1 aliphatic heterocycles. The summed E-state index contributed by atoms with van der Waals surface area (Å²) in [5.74, 6) is 0.151. The first-order valence-electron chi connectivity index (χ1n) is 5.03. The lowest BCUT2D eigenvalue weighted by Crippen LogP contribution is -2.40. The predicted molar refractivity (Wildman–Crippen MR) is 54.6 cm³/mol. The van der Waals surface area contributed by atoms with Gasteiger partial charge in [0.25, 0.3) is 5.91 Å². The van der Waals surface area contributed by atoms with Crippen LogP contribution < -0.4 is 5.32 Å². The first-order valence-corrected chi connectivity index (χ1v) is 5.03. The van der Waals surface area contributed by atoms with Crippen LogP contribution in [0.3, 0.4) is 0 Å².